The molecule has 0 unspecified atom stereocenters. The predicted octanol–water partition coefficient (Wildman–Crippen LogP) is 3.08. The molecule has 0 saturated heterocycles. The van der Waals surface area contributed by atoms with Gasteiger partial charge in [0.2, 0.25) is 5.95 Å². The van der Waals surface area contributed by atoms with Crippen molar-refractivity contribution in [3.63, 3.8) is 0 Å². The van der Waals surface area contributed by atoms with Gasteiger partial charge >= 0.3 is 0 Å². The fourth-order valence-corrected chi connectivity index (χ4v) is 4.33. The summed E-state index contributed by atoms with van der Waals surface area (Å²) in [5.41, 5.74) is 2.01. The van der Waals surface area contributed by atoms with E-state index in [0.29, 0.717) is 47.6 Å². The molecule has 0 radical (unpaired) electrons. The number of pyridine rings is 1. The summed E-state index contributed by atoms with van der Waals surface area (Å²) in [6.07, 6.45) is 0.760. The Morgan fingerprint density at radius 3 is 2.67 bits per heavy atom. The number of anilines is 2. The molecule has 0 aromatic carbocycles. The number of aliphatic hydroxyl groups excluding tert-OH is 3. The minimum atomic E-state index is -1.07. The van der Waals surface area contributed by atoms with Crippen molar-refractivity contribution < 1.29 is 19.7 Å². The van der Waals surface area contributed by atoms with Crippen LogP contribution in [0.5, 0.6) is 0 Å². The Labute approximate surface area is 197 Å². The third-order valence-corrected chi connectivity index (χ3v) is 6.23. The van der Waals surface area contributed by atoms with Crippen molar-refractivity contribution in [2.24, 2.45) is 11.8 Å². The normalized spacial score (nSPS) is 22.9. The molecule has 0 amide bonds. The topological polar surface area (TPSA) is 137 Å². The van der Waals surface area contributed by atoms with Crippen molar-refractivity contribution in [1.29, 1.82) is 0 Å². The Bertz CT molecular complexity index is 1120. The van der Waals surface area contributed by atoms with Crippen LogP contribution < -0.4 is 10.6 Å². The van der Waals surface area contributed by atoms with Gasteiger partial charge in [-0.05, 0) is 30.9 Å². The van der Waals surface area contributed by atoms with E-state index in [-0.39, 0.29) is 11.8 Å². The average Bonchev–Trinajstić information content (AvgIpc) is 3.32. The monoisotopic (exact) mass is 475 g/mol. The van der Waals surface area contributed by atoms with Crippen molar-refractivity contribution in [3.8, 4) is 11.3 Å². The first kappa shape index (κ1) is 23.7. The van der Waals surface area contributed by atoms with Crippen LogP contribution in [0.1, 0.15) is 32.9 Å². The minimum absolute atomic E-state index is 0.188. The summed E-state index contributed by atoms with van der Waals surface area (Å²) in [5.74, 6) is 1.13. The zero-order valence-electron chi connectivity index (χ0n) is 18.9. The van der Waals surface area contributed by atoms with Crippen LogP contribution in [0.25, 0.3) is 22.3 Å². The average molecular weight is 476 g/mol. The highest BCUT2D eigenvalue weighted by Gasteiger charge is 2.41. The molecule has 3 aromatic heterocycles. The molecular formula is C23H30ClN5O4. The predicted molar refractivity (Wildman–Crippen MR) is 127 cm³/mol. The van der Waals surface area contributed by atoms with Gasteiger partial charge in [-0.15, -0.1) is 0 Å². The van der Waals surface area contributed by atoms with Gasteiger partial charge in [0.05, 0.1) is 23.9 Å². The Morgan fingerprint density at radius 2 is 2.00 bits per heavy atom. The second-order valence-electron chi connectivity index (χ2n) is 8.92. The molecule has 178 valence electrons. The summed E-state index contributed by atoms with van der Waals surface area (Å²) in [6, 6.07) is 3.30. The number of furan rings is 1. The molecule has 3 aromatic rings. The second-order valence-corrected chi connectivity index (χ2v) is 9.28. The molecule has 1 fully saturated rings. The highest BCUT2D eigenvalue weighted by atomic mass is 35.5. The van der Waals surface area contributed by atoms with Crippen LogP contribution >= 0.6 is 11.6 Å². The zero-order valence-corrected chi connectivity index (χ0v) is 19.7. The van der Waals surface area contributed by atoms with Crippen LogP contribution in [-0.4, -0.2) is 61.7 Å². The molecule has 1 aliphatic rings. The van der Waals surface area contributed by atoms with Crippen LogP contribution in [0, 0.1) is 11.8 Å². The maximum Gasteiger partial charge on any atom is 0.226 e. The van der Waals surface area contributed by atoms with Crippen molar-refractivity contribution in [2.45, 2.75) is 51.9 Å². The molecule has 1 aliphatic carbocycles. The molecule has 1 saturated carbocycles. The smallest absolute Gasteiger partial charge is 0.226 e. The number of fused-ring (bicyclic) bond motifs is 1. The number of aliphatic hydroxyl groups is 3. The summed E-state index contributed by atoms with van der Waals surface area (Å²) < 4.78 is 6.03. The van der Waals surface area contributed by atoms with Gasteiger partial charge in [-0.25, -0.2) is 4.98 Å². The summed E-state index contributed by atoms with van der Waals surface area (Å²) in [6.45, 7) is 6.61. The Hall–Kier alpha value is -2.46. The van der Waals surface area contributed by atoms with Crippen LogP contribution in [0.3, 0.4) is 0 Å². The molecule has 9 nitrogen and oxygen atoms in total. The van der Waals surface area contributed by atoms with E-state index in [1.165, 1.54) is 0 Å². The highest BCUT2D eigenvalue weighted by Crippen LogP contribution is 2.39. The second kappa shape index (κ2) is 9.80. The van der Waals surface area contributed by atoms with Crippen molar-refractivity contribution >= 4 is 34.3 Å². The molecule has 0 spiro atoms. The zero-order chi connectivity index (χ0) is 23.7. The molecule has 5 N–H and O–H groups in total. The molecule has 4 atom stereocenters. The van der Waals surface area contributed by atoms with Crippen molar-refractivity contribution in [3.05, 3.63) is 29.2 Å². The van der Waals surface area contributed by atoms with Crippen molar-refractivity contribution in [1.82, 2.24) is 15.0 Å². The summed E-state index contributed by atoms with van der Waals surface area (Å²) in [7, 11) is 0. The first-order chi connectivity index (χ1) is 15.8. The molecular weight excluding hydrogens is 446 g/mol. The van der Waals surface area contributed by atoms with E-state index >= 15 is 0 Å². The largest absolute Gasteiger partial charge is 0.454 e. The van der Waals surface area contributed by atoms with Gasteiger partial charge in [-0.2, -0.15) is 4.98 Å². The first-order valence-electron chi connectivity index (χ1n) is 11.2. The number of halogens is 1. The number of hydrogen-bond acceptors (Lipinski definition) is 9. The molecule has 33 heavy (non-hydrogen) atoms. The van der Waals surface area contributed by atoms with Crippen LogP contribution in [0.15, 0.2) is 22.7 Å². The van der Waals surface area contributed by atoms with E-state index in [9.17, 15) is 15.3 Å². The molecule has 3 heterocycles. The van der Waals surface area contributed by atoms with Gasteiger partial charge in [0.25, 0.3) is 0 Å². The van der Waals surface area contributed by atoms with Crippen molar-refractivity contribution in [2.75, 3.05) is 23.8 Å². The number of aromatic nitrogens is 3. The summed E-state index contributed by atoms with van der Waals surface area (Å²) in [5, 5.41) is 37.8. The Morgan fingerprint density at radius 1 is 1.21 bits per heavy atom. The summed E-state index contributed by atoms with van der Waals surface area (Å²) in [4.78, 5) is 13.4. The molecule has 0 bridgehead atoms. The lowest BCUT2D eigenvalue weighted by atomic mass is 10.1. The van der Waals surface area contributed by atoms with E-state index in [4.69, 9.17) is 16.0 Å². The van der Waals surface area contributed by atoms with Gasteiger partial charge < -0.3 is 30.4 Å². The fourth-order valence-electron chi connectivity index (χ4n) is 4.06. The van der Waals surface area contributed by atoms with Gasteiger partial charge in [0.1, 0.15) is 22.8 Å². The van der Waals surface area contributed by atoms with Crippen LogP contribution in [0.2, 0.25) is 5.15 Å². The van der Waals surface area contributed by atoms with E-state index in [1.54, 1.807) is 6.20 Å². The molecule has 4 rings (SSSR count). The number of rotatable bonds is 8. The van der Waals surface area contributed by atoms with Gasteiger partial charge in [0, 0.05) is 30.1 Å². The van der Waals surface area contributed by atoms with Gasteiger partial charge in [-0.1, -0.05) is 32.4 Å². The summed E-state index contributed by atoms with van der Waals surface area (Å²) >= 11 is 6.62. The lowest BCUT2D eigenvalue weighted by Gasteiger charge is -2.21. The van der Waals surface area contributed by atoms with E-state index in [0.717, 1.165) is 17.5 Å². The third-order valence-electron chi connectivity index (χ3n) is 5.96. The van der Waals surface area contributed by atoms with Gasteiger partial charge in [-0.3, -0.25) is 4.98 Å². The van der Waals surface area contributed by atoms with Crippen LogP contribution in [-0.2, 0) is 6.42 Å². The fraction of sp³-hybridized carbons (Fsp3) is 0.522. The van der Waals surface area contributed by atoms with E-state index < -0.39 is 24.2 Å². The maximum absolute atomic E-state index is 10.5. The van der Waals surface area contributed by atoms with Crippen LogP contribution in [0.4, 0.5) is 11.8 Å². The minimum Gasteiger partial charge on any atom is -0.454 e. The standard InChI is InChI=1S/C23H30ClN5O4/c1-4-14-5-12-7-16(33-17(12)9-25-14)18-21(24)28-23(26-8-11(2)3)29-22(18)27-15-6-13(10-30)19(31)20(15)32/h5,7,9,11,13,15,19-20,30-32H,4,6,8,10H2,1-3H3,(H2,26,27,28,29)/t13-,15-,19-,20+/m1/s1. The maximum atomic E-state index is 10.5. The lowest BCUT2D eigenvalue weighted by Crippen LogP contribution is -2.35. The first-order valence-corrected chi connectivity index (χ1v) is 11.6. The third kappa shape index (κ3) is 4.91. The number of nitrogens with zero attached hydrogens (tertiary/aromatic N) is 3. The quantitative estimate of drug-likeness (QED) is 0.311. The van der Waals surface area contributed by atoms with Gasteiger partial charge in [0.15, 0.2) is 5.58 Å². The lowest BCUT2D eigenvalue weighted by molar-refractivity contribution is 0.00446. The Kier molecular flexibility index (Phi) is 7.04. The molecule has 10 heteroatoms. The molecule has 0 aliphatic heterocycles. The number of aryl methyl sites for hydroxylation is 1. The Balaban J connectivity index is 1.75. The van der Waals surface area contributed by atoms with E-state index in [1.807, 2.05) is 19.1 Å². The SMILES string of the molecule is CCc1cc2cc(-c3c(Cl)nc(NCC(C)C)nc3N[C@@H]3C[C@H](CO)[C@@H](O)[C@H]3O)oc2cn1. The number of hydrogen-bond donors (Lipinski definition) is 5. The highest BCUT2D eigenvalue weighted by molar-refractivity contribution is 6.32. The van der Waals surface area contributed by atoms with E-state index in [2.05, 4.69) is 39.4 Å². The number of nitrogens with one attached hydrogen (secondary N) is 2.